The van der Waals surface area contributed by atoms with Crippen LogP contribution >= 0.6 is 0 Å². The van der Waals surface area contributed by atoms with Crippen molar-refractivity contribution >= 4 is 11.9 Å². The van der Waals surface area contributed by atoms with Crippen molar-refractivity contribution in [3.63, 3.8) is 0 Å². The summed E-state index contributed by atoms with van der Waals surface area (Å²) in [6, 6.07) is 13.6. The molecule has 1 heterocycles. The van der Waals surface area contributed by atoms with Crippen molar-refractivity contribution in [3.05, 3.63) is 81.5 Å². The molecule has 3 aromatic rings. The molecular weight excluding hydrogens is 442 g/mol. The van der Waals surface area contributed by atoms with Crippen LogP contribution in [-0.2, 0) is 13.0 Å². The standard InChI is InChI=1S/C26H28F2N2O4/c1-3-5-11-22(31)30-23(24(27)28)21(8-4-2)29(26(30)34)16-17-12-14-18(15-13-17)19-9-6-7-10-20(19)25(32)33/h6-7,9-10,12-15,24H,3-5,8,11,16H2,1-2H3,(H,32,33). The van der Waals surface area contributed by atoms with Gasteiger partial charge in [0.05, 0.1) is 12.1 Å². The number of carboxylic acid groups (broad SMARTS) is 1. The van der Waals surface area contributed by atoms with Gasteiger partial charge >= 0.3 is 11.7 Å². The van der Waals surface area contributed by atoms with E-state index in [2.05, 4.69) is 0 Å². The molecule has 0 saturated carbocycles. The number of imidazole rings is 1. The summed E-state index contributed by atoms with van der Waals surface area (Å²) in [7, 11) is 0. The second-order valence-corrected chi connectivity index (χ2v) is 8.13. The molecule has 0 unspecified atom stereocenters. The number of hydrogen-bond acceptors (Lipinski definition) is 3. The molecule has 0 atom stereocenters. The summed E-state index contributed by atoms with van der Waals surface area (Å²) in [5.74, 6) is -1.65. The number of halogens is 2. The number of hydrogen-bond donors (Lipinski definition) is 1. The average Bonchev–Trinajstić information content (AvgIpc) is 3.09. The van der Waals surface area contributed by atoms with Crippen LogP contribution < -0.4 is 5.69 Å². The van der Waals surface area contributed by atoms with Gasteiger partial charge in [0, 0.05) is 12.1 Å². The smallest absolute Gasteiger partial charge is 0.336 e. The molecule has 2 aromatic carbocycles. The van der Waals surface area contributed by atoms with Gasteiger partial charge in [-0.1, -0.05) is 69.2 Å². The highest BCUT2D eigenvalue weighted by Gasteiger charge is 2.28. The third-order valence-corrected chi connectivity index (χ3v) is 5.73. The normalized spacial score (nSPS) is 11.2. The number of aromatic nitrogens is 2. The zero-order valence-electron chi connectivity index (χ0n) is 19.3. The molecule has 0 aliphatic rings. The number of nitrogens with zero attached hydrogens (tertiary/aromatic N) is 2. The van der Waals surface area contributed by atoms with Crippen LogP contribution in [0.15, 0.2) is 53.3 Å². The van der Waals surface area contributed by atoms with E-state index in [-0.39, 0.29) is 30.6 Å². The van der Waals surface area contributed by atoms with Gasteiger partial charge in [-0.15, -0.1) is 0 Å². The summed E-state index contributed by atoms with van der Waals surface area (Å²) >= 11 is 0. The molecule has 0 aliphatic carbocycles. The SMILES string of the molecule is CCCCC(=O)n1c(C(F)F)c(CCC)n(Cc2ccc(-c3ccccc3C(=O)O)cc2)c1=O. The monoisotopic (exact) mass is 470 g/mol. The van der Waals surface area contributed by atoms with Crippen LogP contribution in [-0.4, -0.2) is 26.1 Å². The zero-order chi connectivity index (χ0) is 24.8. The fourth-order valence-electron chi connectivity index (χ4n) is 4.07. The first-order valence-electron chi connectivity index (χ1n) is 11.4. The Morgan fingerprint density at radius 1 is 1.00 bits per heavy atom. The maximum absolute atomic E-state index is 14.0. The highest BCUT2D eigenvalue weighted by atomic mass is 19.3. The molecule has 34 heavy (non-hydrogen) atoms. The lowest BCUT2D eigenvalue weighted by molar-refractivity contribution is 0.0697. The largest absolute Gasteiger partial charge is 0.478 e. The highest BCUT2D eigenvalue weighted by Crippen LogP contribution is 2.27. The van der Waals surface area contributed by atoms with E-state index in [0.29, 0.717) is 40.5 Å². The molecule has 180 valence electrons. The van der Waals surface area contributed by atoms with E-state index in [4.69, 9.17) is 0 Å². The van der Waals surface area contributed by atoms with E-state index in [9.17, 15) is 28.3 Å². The summed E-state index contributed by atoms with van der Waals surface area (Å²) in [4.78, 5) is 37.3. The first kappa shape index (κ1) is 25.1. The molecule has 0 bridgehead atoms. The minimum absolute atomic E-state index is 0.0306. The lowest BCUT2D eigenvalue weighted by Gasteiger charge is -2.10. The van der Waals surface area contributed by atoms with Crippen LogP contribution in [0.5, 0.6) is 0 Å². The van der Waals surface area contributed by atoms with Crippen molar-refractivity contribution in [2.75, 3.05) is 0 Å². The Bertz CT molecular complexity index is 1230. The minimum Gasteiger partial charge on any atom is -0.478 e. The summed E-state index contributed by atoms with van der Waals surface area (Å²) in [5, 5.41) is 9.43. The van der Waals surface area contributed by atoms with E-state index >= 15 is 0 Å². The van der Waals surface area contributed by atoms with Gasteiger partial charge in [-0.25, -0.2) is 22.9 Å². The van der Waals surface area contributed by atoms with Crippen molar-refractivity contribution in [1.29, 1.82) is 0 Å². The summed E-state index contributed by atoms with van der Waals surface area (Å²) in [6.45, 7) is 3.74. The van der Waals surface area contributed by atoms with E-state index in [1.165, 1.54) is 10.6 Å². The Hall–Kier alpha value is -3.55. The van der Waals surface area contributed by atoms with Crippen molar-refractivity contribution in [2.24, 2.45) is 0 Å². The molecule has 0 saturated heterocycles. The predicted molar refractivity (Wildman–Crippen MR) is 126 cm³/mol. The van der Waals surface area contributed by atoms with E-state index in [1.807, 2.05) is 13.8 Å². The Labute approximate surface area is 196 Å². The van der Waals surface area contributed by atoms with Crippen LogP contribution in [0.25, 0.3) is 11.1 Å². The second kappa shape index (κ2) is 11.0. The van der Waals surface area contributed by atoms with Gasteiger partial charge < -0.3 is 5.11 Å². The molecule has 1 N–H and O–H groups in total. The molecule has 0 spiro atoms. The van der Waals surface area contributed by atoms with E-state index < -0.39 is 29.7 Å². The fraction of sp³-hybridized carbons (Fsp3) is 0.346. The number of carbonyl (C=O) groups is 2. The van der Waals surface area contributed by atoms with Gasteiger partial charge in [0.15, 0.2) is 0 Å². The number of carboxylic acids is 1. The van der Waals surface area contributed by atoms with Gasteiger partial charge in [0.2, 0.25) is 5.91 Å². The molecule has 0 aliphatic heterocycles. The van der Waals surface area contributed by atoms with Crippen LogP contribution in [0.1, 0.15) is 78.1 Å². The fourth-order valence-corrected chi connectivity index (χ4v) is 4.07. The van der Waals surface area contributed by atoms with Crippen molar-refractivity contribution in [2.45, 2.75) is 58.9 Å². The average molecular weight is 471 g/mol. The third kappa shape index (κ3) is 5.16. The highest BCUT2D eigenvalue weighted by molar-refractivity contribution is 5.96. The number of carbonyl (C=O) groups excluding carboxylic acids is 1. The first-order valence-corrected chi connectivity index (χ1v) is 11.4. The van der Waals surface area contributed by atoms with Crippen molar-refractivity contribution < 1.29 is 23.5 Å². The number of unbranched alkanes of at least 4 members (excludes halogenated alkanes) is 1. The van der Waals surface area contributed by atoms with Crippen molar-refractivity contribution in [3.8, 4) is 11.1 Å². The maximum atomic E-state index is 14.0. The Morgan fingerprint density at radius 2 is 1.68 bits per heavy atom. The third-order valence-electron chi connectivity index (χ3n) is 5.73. The van der Waals surface area contributed by atoms with Crippen LogP contribution in [0.4, 0.5) is 8.78 Å². The van der Waals surface area contributed by atoms with Gasteiger partial charge in [-0.2, -0.15) is 0 Å². The van der Waals surface area contributed by atoms with E-state index in [1.54, 1.807) is 42.5 Å². The van der Waals surface area contributed by atoms with Gasteiger partial charge in [0.1, 0.15) is 5.69 Å². The number of alkyl halides is 2. The molecule has 0 radical (unpaired) electrons. The Kier molecular flexibility index (Phi) is 8.15. The summed E-state index contributed by atoms with van der Waals surface area (Å²) in [6.07, 6.45) is -0.907. The number of benzene rings is 2. The zero-order valence-corrected chi connectivity index (χ0v) is 19.3. The predicted octanol–water partition coefficient (Wildman–Crippen LogP) is 5.78. The summed E-state index contributed by atoms with van der Waals surface area (Å²) in [5.41, 5.74) is 0.991. The topological polar surface area (TPSA) is 81.3 Å². The van der Waals surface area contributed by atoms with Gasteiger partial charge in [-0.05, 0) is 35.6 Å². The lowest BCUT2D eigenvalue weighted by atomic mass is 9.99. The van der Waals surface area contributed by atoms with E-state index in [0.717, 1.165) is 0 Å². The molecule has 8 heteroatoms. The van der Waals surface area contributed by atoms with Gasteiger partial charge in [-0.3, -0.25) is 9.36 Å². The molecule has 1 aromatic heterocycles. The van der Waals surface area contributed by atoms with Crippen LogP contribution in [0.2, 0.25) is 0 Å². The van der Waals surface area contributed by atoms with Crippen LogP contribution in [0.3, 0.4) is 0 Å². The number of rotatable bonds is 10. The van der Waals surface area contributed by atoms with Crippen molar-refractivity contribution in [1.82, 2.24) is 9.13 Å². The number of aromatic carboxylic acids is 1. The molecule has 0 amide bonds. The lowest BCUT2D eigenvalue weighted by Crippen LogP contribution is -2.30. The molecular formula is C26H28F2N2O4. The molecule has 6 nitrogen and oxygen atoms in total. The second-order valence-electron chi connectivity index (χ2n) is 8.13. The Morgan fingerprint density at radius 3 is 2.26 bits per heavy atom. The summed E-state index contributed by atoms with van der Waals surface area (Å²) < 4.78 is 29.9. The maximum Gasteiger partial charge on any atom is 0.336 e. The van der Waals surface area contributed by atoms with Gasteiger partial charge in [0.25, 0.3) is 6.43 Å². The Balaban J connectivity index is 2.02. The minimum atomic E-state index is -2.95. The quantitative estimate of drug-likeness (QED) is 0.407. The molecule has 3 rings (SSSR count). The molecule has 0 fully saturated rings. The first-order chi connectivity index (χ1) is 16.3. The van der Waals surface area contributed by atoms with Crippen LogP contribution in [0, 0.1) is 0 Å².